The van der Waals surface area contributed by atoms with Crippen molar-refractivity contribution < 1.29 is 14.3 Å². The maximum absolute atomic E-state index is 12.4. The number of ketones is 1. The molecule has 4 rings (SSSR count). The molecule has 1 aromatic carbocycles. The highest BCUT2D eigenvalue weighted by atomic mass is 16.6. The lowest BCUT2D eigenvalue weighted by Gasteiger charge is -2.12. The van der Waals surface area contributed by atoms with Crippen LogP contribution in [0.2, 0.25) is 0 Å². The maximum atomic E-state index is 12.4. The molecule has 2 saturated carbocycles. The average molecular weight is 272 g/mol. The first-order chi connectivity index (χ1) is 9.56. The molecule has 0 N–H and O–H groups in total. The summed E-state index contributed by atoms with van der Waals surface area (Å²) in [5.41, 5.74) is 0.758. The van der Waals surface area contributed by atoms with E-state index in [1.54, 1.807) is 0 Å². The SMILES string of the molecule is CC1(COCc2ccccc2)C2C[C@@H]3O[C@]3(C)C(=O)C21. The smallest absolute Gasteiger partial charge is 0.171 e. The van der Waals surface area contributed by atoms with E-state index in [1.165, 1.54) is 5.56 Å². The largest absolute Gasteiger partial charge is 0.376 e. The van der Waals surface area contributed by atoms with Gasteiger partial charge in [0, 0.05) is 11.3 Å². The zero-order chi connectivity index (χ0) is 14.0. The van der Waals surface area contributed by atoms with Crippen molar-refractivity contribution >= 4 is 5.78 Å². The lowest BCUT2D eigenvalue weighted by molar-refractivity contribution is -0.126. The fourth-order valence-electron chi connectivity index (χ4n) is 4.00. The molecule has 0 bridgehead atoms. The quantitative estimate of drug-likeness (QED) is 0.791. The Morgan fingerprint density at radius 1 is 1.30 bits per heavy atom. The van der Waals surface area contributed by atoms with Crippen LogP contribution in [-0.4, -0.2) is 24.1 Å². The predicted octanol–water partition coefficient (Wildman–Crippen LogP) is 2.59. The molecule has 0 aromatic heterocycles. The number of carbonyl (C=O) groups is 1. The van der Waals surface area contributed by atoms with Crippen molar-refractivity contribution in [3.05, 3.63) is 35.9 Å². The molecule has 3 nitrogen and oxygen atoms in total. The van der Waals surface area contributed by atoms with Crippen LogP contribution in [0.3, 0.4) is 0 Å². The lowest BCUT2D eigenvalue weighted by atomic mass is 9.89. The Hall–Kier alpha value is -1.19. The second kappa shape index (κ2) is 3.92. The van der Waals surface area contributed by atoms with Gasteiger partial charge in [0.2, 0.25) is 0 Å². The van der Waals surface area contributed by atoms with E-state index in [0.29, 0.717) is 24.9 Å². The zero-order valence-corrected chi connectivity index (χ0v) is 12.0. The van der Waals surface area contributed by atoms with Crippen molar-refractivity contribution in [2.45, 2.75) is 38.6 Å². The number of carbonyl (C=O) groups excluding carboxylic acids is 1. The zero-order valence-electron chi connectivity index (χ0n) is 12.0. The van der Waals surface area contributed by atoms with Gasteiger partial charge in [-0.15, -0.1) is 0 Å². The fraction of sp³-hybridized carbons (Fsp3) is 0.588. The van der Waals surface area contributed by atoms with Gasteiger partial charge in [-0.3, -0.25) is 4.79 Å². The summed E-state index contributed by atoms with van der Waals surface area (Å²) in [6.07, 6.45) is 1.20. The number of rotatable bonds is 4. The molecule has 5 atom stereocenters. The van der Waals surface area contributed by atoms with E-state index >= 15 is 0 Å². The summed E-state index contributed by atoms with van der Waals surface area (Å²) < 4.78 is 11.4. The van der Waals surface area contributed by atoms with E-state index in [4.69, 9.17) is 9.47 Å². The number of ether oxygens (including phenoxy) is 2. The summed E-state index contributed by atoms with van der Waals surface area (Å²) in [5.74, 6) is 0.929. The van der Waals surface area contributed by atoms with Crippen molar-refractivity contribution in [2.24, 2.45) is 17.3 Å². The molecule has 20 heavy (non-hydrogen) atoms. The van der Waals surface area contributed by atoms with E-state index in [0.717, 1.165) is 6.42 Å². The third-order valence-corrected chi connectivity index (χ3v) is 5.56. The third-order valence-electron chi connectivity index (χ3n) is 5.56. The van der Waals surface area contributed by atoms with Gasteiger partial charge >= 0.3 is 0 Å². The molecular weight excluding hydrogens is 252 g/mol. The van der Waals surface area contributed by atoms with Crippen LogP contribution in [0.5, 0.6) is 0 Å². The van der Waals surface area contributed by atoms with Crippen LogP contribution in [0.15, 0.2) is 30.3 Å². The topological polar surface area (TPSA) is 38.8 Å². The lowest BCUT2D eigenvalue weighted by Crippen LogP contribution is -2.30. The summed E-state index contributed by atoms with van der Waals surface area (Å²) in [7, 11) is 0. The van der Waals surface area contributed by atoms with Gasteiger partial charge in [-0.1, -0.05) is 37.3 Å². The molecule has 3 aliphatic rings. The van der Waals surface area contributed by atoms with Gasteiger partial charge in [0.15, 0.2) is 11.4 Å². The minimum Gasteiger partial charge on any atom is -0.376 e. The molecule has 0 amide bonds. The molecular formula is C17H20O3. The van der Waals surface area contributed by atoms with Crippen LogP contribution < -0.4 is 0 Å². The number of hydrogen-bond donors (Lipinski definition) is 0. The van der Waals surface area contributed by atoms with Gasteiger partial charge in [-0.05, 0) is 24.8 Å². The third kappa shape index (κ3) is 1.63. The van der Waals surface area contributed by atoms with Crippen molar-refractivity contribution in [3.8, 4) is 0 Å². The highest BCUT2D eigenvalue weighted by Gasteiger charge is 2.77. The second-order valence-electron chi connectivity index (χ2n) is 6.88. The Morgan fingerprint density at radius 2 is 2.05 bits per heavy atom. The Kier molecular flexibility index (Phi) is 2.46. The van der Waals surface area contributed by atoms with Gasteiger partial charge < -0.3 is 9.47 Å². The van der Waals surface area contributed by atoms with Gasteiger partial charge in [-0.2, -0.15) is 0 Å². The molecule has 3 unspecified atom stereocenters. The van der Waals surface area contributed by atoms with E-state index in [2.05, 4.69) is 19.1 Å². The standard InChI is InChI=1S/C17H20O3/c1-16(10-19-9-11-6-4-3-5-7-11)12-8-13-17(2,20-13)15(18)14(12)16/h3-7,12-14H,8-10H2,1-2H3/t12?,13-,14?,16?,17-/m0/s1. The van der Waals surface area contributed by atoms with Gasteiger partial charge in [0.1, 0.15) is 0 Å². The summed E-state index contributed by atoms with van der Waals surface area (Å²) in [4.78, 5) is 12.4. The summed E-state index contributed by atoms with van der Waals surface area (Å²) >= 11 is 0. The normalized spacial score (nSPS) is 44.7. The number of benzene rings is 1. The Labute approximate surface area is 119 Å². The predicted molar refractivity (Wildman–Crippen MR) is 74.1 cm³/mol. The van der Waals surface area contributed by atoms with Crippen molar-refractivity contribution in [1.29, 1.82) is 0 Å². The van der Waals surface area contributed by atoms with E-state index < -0.39 is 5.60 Å². The molecule has 1 saturated heterocycles. The minimum absolute atomic E-state index is 0.0334. The van der Waals surface area contributed by atoms with Crippen LogP contribution in [0.1, 0.15) is 25.8 Å². The Morgan fingerprint density at radius 3 is 2.80 bits per heavy atom. The molecule has 2 aliphatic carbocycles. The first-order valence-corrected chi connectivity index (χ1v) is 7.39. The first kappa shape index (κ1) is 12.5. The second-order valence-corrected chi connectivity index (χ2v) is 6.88. The molecule has 1 heterocycles. The number of hydrogen-bond acceptors (Lipinski definition) is 3. The van der Waals surface area contributed by atoms with Crippen LogP contribution >= 0.6 is 0 Å². The number of epoxide rings is 1. The van der Waals surface area contributed by atoms with Crippen molar-refractivity contribution in [3.63, 3.8) is 0 Å². The summed E-state index contributed by atoms with van der Waals surface area (Å²) in [6.45, 7) is 5.44. The van der Waals surface area contributed by atoms with E-state index in [1.807, 2.05) is 25.1 Å². The van der Waals surface area contributed by atoms with Crippen molar-refractivity contribution in [2.75, 3.05) is 6.61 Å². The van der Waals surface area contributed by atoms with Gasteiger partial charge in [0.05, 0.1) is 19.3 Å². The van der Waals surface area contributed by atoms with Crippen LogP contribution in [0.25, 0.3) is 0 Å². The molecule has 0 spiro atoms. The molecule has 3 heteroatoms. The monoisotopic (exact) mass is 272 g/mol. The molecule has 1 aromatic rings. The van der Waals surface area contributed by atoms with Gasteiger partial charge in [0.25, 0.3) is 0 Å². The van der Waals surface area contributed by atoms with Crippen molar-refractivity contribution in [1.82, 2.24) is 0 Å². The van der Waals surface area contributed by atoms with Crippen LogP contribution in [0.4, 0.5) is 0 Å². The Balaban J connectivity index is 1.38. The Bertz CT molecular complexity index is 555. The highest BCUT2D eigenvalue weighted by molar-refractivity contribution is 5.96. The van der Waals surface area contributed by atoms with Crippen LogP contribution in [0, 0.1) is 17.3 Å². The van der Waals surface area contributed by atoms with Crippen LogP contribution in [-0.2, 0) is 20.9 Å². The van der Waals surface area contributed by atoms with E-state index in [9.17, 15) is 4.79 Å². The summed E-state index contributed by atoms with van der Waals surface area (Å²) in [5, 5.41) is 0. The number of fused-ring (bicyclic) bond motifs is 2. The molecule has 1 aliphatic heterocycles. The fourth-order valence-corrected chi connectivity index (χ4v) is 4.00. The highest BCUT2D eigenvalue weighted by Crippen LogP contribution is 2.69. The minimum atomic E-state index is -0.460. The molecule has 0 radical (unpaired) electrons. The van der Waals surface area contributed by atoms with Gasteiger partial charge in [-0.25, -0.2) is 0 Å². The molecule has 106 valence electrons. The van der Waals surface area contributed by atoms with E-state index in [-0.39, 0.29) is 17.4 Å². The first-order valence-electron chi connectivity index (χ1n) is 7.39. The average Bonchev–Trinajstić information content (AvgIpc) is 3.27. The maximum Gasteiger partial charge on any atom is 0.171 e. The number of Topliss-reactive ketones (excluding diaryl/α,β-unsaturated/α-hetero) is 1. The molecule has 3 fully saturated rings. The summed E-state index contributed by atoms with van der Waals surface area (Å²) in [6, 6.07) is 10.2.